The van der Waals surface area contributed by atoms with Gasteiger partial charge in [-0.15, -0.1) is 0 Å². The molecule has 0 aliphatic heterocycles. The van der Waals surface area contributed by atoms with Crippen LogP contribution in [0.2, 0.25) is 0 Å². The van der Waals surface area contributed by atoms with Gasteiger partial charge in [0.2, 0.25) is 0 Å². The minimum absolute atomic E-state index is 0.0809. The summed E-state index contributed by atoms with van der Waals surface area (Å²) in [5, 5.41) is 0. The van der Waals surface area contributed by atoms with E-state index in [-0.39, 0.29) is 37.4 Å². The predicted octanol–water partition coefficient (Wildman–Crippen LogP) is 5.31. The average molecular weight is 597 g/mol. The third-order valence-corrected chi connectivity index (χ3v) is 8.15. The van der Waals surface area contributed by atoms with Crippen LogP contribution in [-0.2, 0) is 28.5 Å². The molecular weight excluding hydrogens is 556 g/mol. The molecule has 0 heterocycles. The van der Waals surface area contributed by atoms with Gasteiger partial charge in [0.05, 0.1) is 25.3 Å². The third kappa shape index (κ3) is 10.0. The van der Waals surface area contributed by atoms with Crippen LogP contribution in [0.1, 0.15) is 78.5 Å². The molecule has 2 aromatic carbocycles. The zero-order valence-electron chi connectivity index (χ0n) is 24.8. The topological polar surface area (TPSA) is 124 Å². The number of carbonyl (C=O) groups is 4. The lowest BCUT2D eigenvalue weighted by molar-refractivity contribution is -0.143. The second kappa shape index (κ2) is 16.0. The van der Waals surface area contributed by atoms with Gasteiger partial charge in [-0.2, -0.15) is 0 Å². The number of hydrogen-bond acceptors (Lipinski definition) is 10. The van der Waals surface area contributed by atoms with Crippen LogP contribution in [-0.4, -0.2) is 63.5 Å². The summed E-state index contributed by atoms with van der Waals surface area (Å²) in [6.45, 7) is -0.376. The zero-order valence-corrected chi connectivity index (χ0v) is 24.8. The molecule has 0 unspecified atom stereocenters. The summed E-state index contributed by atoms with van der Waals surface area (Å²) in [5.74, 6) is 0.542. The molecule has 0 atom stereocenters. The number of methoxy groups -OCH3 is 2. The van der Waals surface area contributed by atoms with Gasteiger partial charge >= 0.3 is 23.9 Å². The van der Waals surface area contributed by atoms with Gasteiger partial charge in [-0.25, -0.2) is 19.2 Å². The molecule has 232 valence electrons. The van der Waals surface area contributed by atoms with Crippen molar-refractivity contribution in [1.29, 1.82) is 0 Å². The Hall–Kier alpha value is -4.08. The molecule has 10 nitrogen and oxygen atoms in total. The van der Waals surface area contributed by atoms with E-state index in [2.05, 4.69) is 9.47 Å². The predicted molar refractivity (Wildman–Crippen MR) is 155 cm³/mol. The Balaban J connectivity index is 1.11. The van der Waals surface area contributed by atoms with Gasteiger partial charge in [-0.1, -0.05) is 0 Å². The molecule has 0 amide bonds. The average Bonchev–Trinajstić information content (AvgIpc) is 3.04. The van der Waals surface area contributed by atoms with Crippen molar-refractivity contribution in [3.63, 3.8) is 0 Å². The van der Waals surface area contributed by atoms with Gasteiger partial charge < -0.3 is 28.4 Å². The second-order valence-electron chi connectivity index (χ2n) is 11.1. The highest BCUT2D eigenvalue weighted by Gasteiger charge is 2.29. The van der Waals surface area contributed by atoms with Gasteiger partial charge in [-0.05, 0) is 118 Å². The van der Waals surface area contributed by atoms with Crippen molar-refractivity contribution in [1.82, 2.24) is 0 Å². The highest BCUT2D eigenvalue weighted by atomic mass is 16.6. The molecule has 2 saturated carbocycles. The van der Waals surface area contributed by atoms with Gasteiger partial charge in [0.15, 0.2) is 13.2 Å². The van der Waals surface area contributed by atoms with Crippen molar-refractivity contribution in [3.05, 3.63) is 59.7 Å². The molecule has 4 rings (SSSR count). The number of carbonyl (C=O) groups excluding carboxylic acids is 4. The molecule has 2 fully saturated rings. The summed E-state index contributed by atoms with van der Waals surface area (Å²) in [6.07, 6.45) is 8.56. The number of rotatable bonds is 12. The molecule has 2 aliphatic carbocycles. The Kier molecular flexibility index (Phi) is 11.8. The van der Waals surface area contributed by atoms with E-state index in [0.29, 0.717) is 34.5 Å². The fourth-order valence-electron chi connectivity index (χ4n) is 5.66. The Morgan fingerprint density at radius 1 is 0.558 bits per heavy atom. The first-order chi connectivity index (χ1) is 20.8. The first-order valence-corrected chi connectivity index (χ1v) is 14.8. The van der Waals surface area contributed by atoms with E-state index in [1.807, 2.05) is 0 Å². The van der Waals surface area contributed by atoms with Crippen LogP contribution in [0.3, 0.4) is 0 Å². The maximum Gasteiger partial charge on any atom is 0.343 e. The molecule has 0 spiro atoms. The Labute approximate surface area is 251 Å². The molecule has 0 aromatic heterocycles. The maximum absolute atomic E-state index is 12.6. The summed E-state index contributed by atoms with van der Waals surface area (Å²) in [5.41, 5.74) is 0.901. The van der Waals surface area contributed by atoms with Crippen molar-refractivity contribution in [3.8, 4) is 11.5 Å². The number of esters is 4. The zero-order chi connectivity index (χ0) is 30.6. The monoisotopic (exact) mass is 596 g/mol. The fraction of sp³-hybridized carbons (Fsp3) is 0.515. The van der Waals surface area contributed by atoms with E-state index in [9.17, 15) is 19.2 Å². The van der Waals surface area contributed by atoms with Gasteiger partial charge in [-0.3, -0.25) is 0 Å². The van der Waals surface area contributed by atoms with E-state index in [1.54, 1.807) is 48.5 Å². The third-order valence-electron chi connectivity index (χ3n) is 8.15. The van der Waals surface area contributed by atoms with Crippen LogP contribution in [0.5, 0.6) is 11.5 Å². The highest BCUT2D eigenvalue weighted by molar-refractivity contribution is 5.90. The molecule has 0 saturated heterocycles. The lowest BCUT2D eigenvalue weighted by atomic mass is 9.76. The van der Waals surface area contributed by atoms with Crippen molar-refractivity contribution >= 4 is 23.9 Å². The van der Waals surface area contributed by atoms with Crippen LogP contribution in [0.4, 0.5) is 0 Å². The smallest absolute Gasteiger partial charge is 0.343 e. The summed E-state index contributed by atoms with van der Waals surface area (Å²) in [6, 6.07) is 13.1. The molecule has 0 radical (unpaired) electrons. The van der Waals surface area contributed by atoms with Crippen molar-refractivity contribution in [2.24, 2.45) is 11.8 Å². The first kappa shape index (κ1) is 31.8. The van der Waals surface area contributed by atoms with E-state index in [0.717, 1.165) is 57.8 Å². The van der Waals surface area contributed by atoms with Crippen LogP contribution in [0, 0.1) is 11.8 Å². The Morgan fingerprint density at radius 3 is 1.23 bits per heavy atom. The van der Waals surface area contributed by atoms with Crippen molar-refractivity contribution < 1.29 is 47.6 Å². The van der Waals surface area contributed by atoms with Crippen LogP contribution in [0.15, 0.2) is 48.5 Å². The number of benzene rings is 2. The minimum atomic E-state index is -0.474. The van der Waals surface area contributed by atoms with Crippen molar-refractivity contribution in [2.75, 3.05) is 27.4 Å². The van der Waals surface area contributed by atoms with E-state index < -0.39 is 11.9 Å². The molecule has 43 heavy (non-hydrogen) atoms. The summed E-state index contributed by atoms with van der Waals surface area (Å²) in [7, 11) is 2.59. The summed E-state index contributed by atoms with van der Waals surface area (Å²) >= 11 is 0. The SMILES string of the molecule is COC(=O)COc1ccc(C(=O)OC2CCC(CC3CCC(OC(=O)c4ccc(OCC(=O)OC)cc4)CC3)CC2)cc1. The normalized spacial score (nSPS) is 21.6. The Morgan fingerprint density at radius 2 is 0.907 bits per heavy atom. The lowest BCUT2D eigenvalue weighted by Gasteiger charge is -2.33. The molecule has 2 aliphatic rings. The second-order valence-corrected chi connectivity index (χ2v) is 11.1. The molecule has 2 aromatic rings. The lowest BCUT2D eigenvalue weighted by Crippen LogP contribution is -2.28. The minimum Gasteiger partial charge on any atom is -0.482 e. The first-order valence-electron chi connectivity index (χ1n) is 14.8. The molecule has 0 bridgehead atoms. The molecule has 10 heteroatoms. The van der Waals surface area contributed by atoms with E-state index in [1.165, 1.54) is 14.2 Å². The number of hydrogen-bond donors (Lipinski definition) is 0. The quantitative estimate of drug-likeness (QED) is 0.235. The van der Waals surface area contributed by atoms with Gasteiger partial charge in [0.1, 0.15) is 23.7 Å². The number of ether oxygens (including phenoxy) is 6. The largest absolute Gasteiger partial charge is 0.482 e. The van der Waals surface area contributed by atoms with Gasteiger partial charge in [0, 0.05) is 0 Å². The van der Waals surface area contributed by atoms with Crippen LogP contribution in [0.25, 0.3) is 0 Å². The molecular formula is C33H40O10. The Bertz CT molecular complexity index is 1110. The highest BCUT2D eigenvalue weighted by Crippen LogP contribution is 2.37. The van der Waals surface area contributed by atoms with E-state index in [4.69, 9.17) is 18.9 Å². The van der Waals surface area contributed by atoms with Crippen molar-refractivity contribution in [2.45, 2.75) is 70.0 Å². The standard InChI is InChI=1S/C33H40O10/c1-38-30(34)20-40-26-15-7-24(8-16-26)32(36)42-28-11-3-22(4-12-28)19-23-5-13-29(14-6-23)43-33(37)25-9-17-27(18-10-25)41-21-31(35)39-2/h7-10,15-18,22-23,28-29H,3-6,11-14,19-21H2,1-2H3. The van der Waals surface area contributed by atoms with Crippen LogP contribution >= 0.6 is 0 Å². The fourth-order valence-corrected chi connectivity index (χ4v) is 5.66. The van der Waals surface area contributed by atoms with Gasteiger partial charge in [0.25, 0.3) is 0 Å². The molecule has 0 N–H and O–H groups in total. The van der Waals surface area contributed by atoms with Crippen LogP contribution < -0.4 is 9.47 Å². The summed E-state index contributed by atoms with van der Waals surface area (Å²) in [4.78, 5) is 47.6. The maximum atomic E-state index is 12.6. The van der Waals surface area contributed by atoms with E-state index >= 15 is 0 Å². The summed E-state index contributed by atoms with van der Waals surface area (Å²) < 4.78 is 31.3.